The molecule has 2 aromatic heterocycles. The van der Waals surface area contributed by atoms with Crippen LogP contribution in [0.4, 0.5) is 5.69 Å². The molecule has 136 valence electrons. The highest BCUT2D eigenvalue weighted by atomic mass is 35.5. The molecule has 10 heteroatoms. The minimum Gasteiger partial charge on any atom is -0.283 e. The van der Waals surface area contributed by atoms with Gasteiger partial charge in [-0.15, -0.1) is 0 Å². The molecular formula is C16H14Cl2N4O3S. The number of anilines is 1. The topological polar surface area (TPSA) is 86.0 Å². The molecule has 0 fully saturated rings. The summed E-state index contributed by atoms with van der Waals surface area (Å²) in [7, 11) is -2.46. The van der Waals surface area contributed by atoms with Crippen LogP contribution in [0.5, 0.6) is 0 Å². The Labute approximate surface area is 159 Å². The SMILES string of the molecule is Cc1c(NS(=O)(=O)c2ccc(Cl)nc2Cl)c(=O)n(-c2ccccc2)n1C. The van der Waals surface area contributed by atoms with Crippen LogP contribution in [-0.2, 0) is 17.1 Å². The van der Waals surface area contributed by atoms with Crippen LogP contribution in [0.1, 0.15) is 5.69 Å². The molecule has 0 aliphatic rings. The number of hydrogen-bond donors (Lipinski definition) is 1. The third-order valence-electron chi connectivity index (χ3n) is 3.86. The number of aromatic nitrogens is 3. The Hall–Kier alpha value is -2.29. The quantitative estimate of drug-likeness (QED) is 0.667. The second kappa shape index (κ2) is 6.79. The summed E-state index contributed by atoms with van der Waals surface area (Å²) in [4.78, 5) is 16.3. The molecule has 0 atom stereocenters. The van der Waals surface area contributed by atoms with Crippen molar-refractivity contribution < 1.29 is 8.42 Å². The van der Waals surface area contributed by atoms with Gasteiger partial charge in [0.15, 0.2) is 5.15 Å². The Balaban J connectivity index is 2.10. The summed E-state index contributed by atoms with van der Waals surface area (Å²) in [6.45, 7) is 1.64. The molecule has 3 aromatic rings. The van der Waals surface area contributed by atoms with Gasteiger partial charge < -0.3 is 0 Å². The summed E-state index contributed by atoms with van der Waals surface area (Å²) in [6, 6.07) is 11.4. The van der Waals surface area contributed by atoms with Gasteiger partial charge in [-0.3, -0.25) is 14.2 Å². The van der Waals surface area contributed by atoms with E-state index in [1.54, 1.807) is 42.9 Å². The van der Waals surface area contributed by atoms with Gasteiger partial charge in [-0.1, -0.05) is 41.4 Å². The summed E-state index contributed by atoms with van der Waals surface area (Å²) in [5.41, 5.74) is 0.486. The average molecular weight is 413 g/mol. The fourth-order valence-corrected chi connectivity index (χ4v) is 4.25. The Bertz CT molecular complexity index is 1140. The zero-order valence-electron chi connectivity index (χ0n) is 13.8. The van der Waals surface area contributed by atoms with E-state index in [2.05, 4.69) is 9.71 Å². The van der Waals surface area contributed by atoms with Crippen molar-refractivity contribution in [3.63, 3.8) is 0 Å². The van der Waals surface area contributed by atoms with E-state index in [0.717, 1.165) is 0 Å². The zero-order chi connectivity index (χ0) is 19.1. The Morgan fingerprint density at radius 2 is 1.73 bits per heavy atom. The molecule has 1 N–H and O–H groups in total. The molecular weight excluding hydrogens is 399 g/mol. The van der Waals surface area contributed by atoms with Gasteiger partial charge in [0.05, 0.1) is 11.4 Å². The number of benzene rings is 1. The van der Waals surface area contributed by atoms with Crippen LogP contribution < -0.4 is 10.3 Å². The summed E-state index contributed by atoms with van der Waals surface area (Å²) < 4.78 is 30.6. The summed E-state index contributed by atoms with van der Waals surface area (Å²) in [5.74, 6) is 0. The summed E-state index contributed by atoms with van der Waals surface area (Å²) in [5, 5.41) is -0.210. The molecule has 0 bridgehead atoms. The van der Waals surface area contributed by atoms with Gasteiger partial charge in [0.25, 0.3) is 15.6 Å². The zero-order valence-corrected chi connectivity index (χ0v) is 16.1. The van der Waals surface area contributed by atoms with E-state index in [4.69, 9.17) is 23.2 Å². The maximum atomic E-state index is 12.8. The van der Waals surface area contributed by atoms with Gasteiger partial charge in [-0.2, -0.15) is 0 Å². The van der Waals surface area contributed by atoms with Crippen LogP contribution in [0.2, 0.25) is 10.3 Å². The van der Waals surface area contributed by atoms with Gasteiger partial charge in [0.2, 0.25) is 0 Å². The van der Waals surface area contributed by atoms with E-state index in [0.29, 0.717) is 11.4 Å². The summed E-state index contributed by atoms with van der Waals surface area (Å²) in [6.07, 6.45) is 0. The minimum atomic E-state index is -4.12. The van der Waals surface area contributed by atoms with Crippen LogP contribution in [0.3, 0.4) is 0 Å². The van der Waals surface area contributed by atoms with Crippen molar-refractivity contribution in [2.75, 3.05) is 4.72 Å². The van der Waals surface area contributed by atoms with E-state index in [9.17, 15) is 13.2 Å². The van der Waals surface area contributed by atoms with Gasteiger partial charge in [0, 0.05) is 7.05 Å². The average Bonchev–Trinajstić information content (AvgIpc) is 2.78. The highest BCUT2D eigenvalue weighted by Gasteiger charge is 2.24. The number of rotatable bonds is 4. The lowest BCUT2D eigenvalue weighted by Crippen LogP contribution is -2.23. The molecule has 0 aliphatic heterocycles. The van der Waals surface area contributed by atoms with Gasteiger partial charge in [-0.25, -0.2) is 18.1 Å². The van der Waals surface area contributed by atoms with E-state index >= 15 is 0 Å². The summed E-state index contributed by atoms with van der Waals surface area (Å²) >= 11 is 11.6. The van der Waals surface area contributed by atoms with Gasteiger partial charge in [-0.05, 0) is 31.2 Å². The lowest BCUT2D eigenvalue weighted by molar-refractivity contribution is 0.601. The van der Waals surface area contributed by atoms with Crippen molar-refractivity contribution in [2.45, 2.75) is 11.8 Å². The highest BCUT2D eigenvalue weighted by molar-refractivity contribution is 7.92. The lowest BCUT2D eigenvalue weighted by atomic mass is 10.3. The number of sulfonamides is 1. The van der Waals surface area contributed by atoms with E-state index < -0.39 is 15.6 Å². The maximum absolute atomic E-state index is 12.8. The Morgan fingerprint density at radius 1 is 1.08 bits per heavy atom. The molecule has 1 aromatic carbocycles. The van der Waals surface area contributed by atoms with Crippen molar-refractivity contribution in [3.8, 4) is 5.69 Å². The van der Waals surface area contributed by atoms with Gasteiger partial charge >= 0.3 is 0 Å². The van der Waals surface area contributed by atoms with E-state index in [-0.39, 0.29) is 20.9 Å². The second-order valence-corrected chi connectivity index (χ2v) is 7.86. The standard InChI is InChI=1S/C16H14Cl2N4O3S/c1-10-14(16(23)22(21(10)2)11-6-4-3-5-7-11)20-26(24,25)12-8-9-13(17)19-15(12)18/h3-9,20H,1-2H3. The minimum absolute atomic E-state index is 0.0660. The van der Waals surface area contributed by atoms with Crippen molar-refractivity contribution in [1.82, 2.24) is 14.3 Å². The molecule has 2 heterocycles. The lowest BCUT2D eigenvalue weighted by Gasteiger charge is -2.08. The largest absolute Gasteiger partial charge is 0.296 e. The normalized spacial score (nSPS) is 11.5. The van der Waals surface area contributed by atoms with Crippen LogP contribution in [0.15, 0.2) is 52.2 Å². The molecule has 0 amide bonds. The second-order valence-electron chi connectivity index (χ2n) is 5.46. The van der Waals surface area contributed by atoms with Crippen LogP contribution in [0.25, 0.3) is 5.69 Å². The maximum Gasteiger partial charge on any atom is 0.296 e. The fourth-order valence-electron chi connectivity index (χ4n) is 2.48. The number of nitrogens with one attached hydrogen (secondary N) is 1. The molecule has 0 saturated carbocycles. The van der Waals surface area contributed by atoms with Crippen molar-refractivity contribution >= 4 is 38.9 Å². The first kappa shape index (κ1) is 18.5. The van der Waals surface area contributed by atoms with Crippen LogP contribution in [-0.4, -0.2) is 22.8 Å². The first-order valence-corrected chi connectivity index (χ1v) is 9.65. The van der Waals surface area contributed by atoms with Crippen LogP contribution in [0, 0.1) is 6.92 Å². The Morgan fingerprint density at radius 3 is 2.35 bits per heavy atom. The predicted molar refractivity (Wildman–Crippen MR) is 101 cm³/mol. The molecule has 0 spiro atoms. The number of pyridine rings is 1. The molecule has 0 aliphatic carbocycles. The molecule has 3 rings (SSSR count). The van der Waals surface area contributed by atoms with Crippen LogP contribution >= 0.6 is 23.2 Å². The van der Waals surface area contributed by atoms with Gasteiger partial charge in [0.1, 0.15) is 15.7 Å². The molecule has 0 radical (unpaired) electrons. The van der Waals surface area contributed by atoms with Crippen molar-refractivity contribution in [2.24, 2.45) is 7.05 Å². The smallest absolute Gasteiger partial charge is 0.283 e. The number of nitrogens with zero attached hydrogens (tertiary/aromatic N) is 3. The first-order chi connectivity index (χ1) is 12.2. The van der Waals surface area contributed by atoms with E-state index in [1.165, 1.54) is 16.8 Å². The fraction of sp³-hybridized carbons (Fsp3) is 0.125. The monoisotopic (exact) mass is 412 g/mol. The molecule has 7 nitrogen and oxygen atoms in total. The third-order valence-corrected chi connectivity index (χ3v) is 5.85. The first-order valence-electron chi connectivity index (χ1n) is 7.41. The number of para-hydroxylation sites is 1. The molecule has 26 heavy (non-hydrogen) atoms. The van der Waals surface area contributed by atoms with Crippen molar-refractivity contribution in [1.29, 1.82) is 0 Å². The molecule has 0 saturated heterocycles. The predicted octanol–water partition coefficient (Wildman–Crippen LogP) is 2.99. The van der Waals surface area contributed by atoms with Crippen molar-refractivity contribution in [3.05, 3.63) is 68.8 Å². The third kappa shape index (κ3) is 3.23. The number of hydrogen-bond acceptors (Lipinski definition) is 4. The number of halogens is 2. The van der Waals surface area contributed by atoms with E-state index in [1.807, 2.05) is 6.07 Å². The molecule has 0 unspecified atom stereocenters. The highest BCUT2D eigenvalue weighted by Crippen LogP contribution is 2.24. The Kier molecular flexibility index (Phi) is 4.83.